The average molecular weight is 202 g/mol. The minimum atomic E-state index is -0.0948. The van der Waals surface area contributed by atoms with E-state index in [4.69, 9.17) is 0 Å². The van der Waals surface area contributed by atoms with Gasteiger partial charge in [-0.3, -0.25) is 15.0 Å². The summed E-state index contributed by atoms with van der Waals surface area (Å²) in [6.07, 6.45) is 2.25. The lowest BCUT2D eigenvalue weighted by atomic mass is 10.1. The summed E-state index contributed by atoms with van der Waals surface area (Å²) in [6.45, 7) is 2.16. The fraction of sp³-hybridized carbons (Fsp3) is 0.250. The Morgan fingerprint density at radius 1 is 1.13 bits per heavy atom. The van der Waals surface area contributed by atoms with Crippen molar-refractivity contribution in [1.29, 1.82) is 0 Å². The summed E-state index contributed by atoms with van der Waals surface area (Å²) in [6, 6.07) is 9.83. The van der Waals surface area contributed by atoms with Gasteiger partial charge in [0.05, 0.1) is 5.69 Å². The van der Waals surface area contributed by atoms with Crippen molar-refractivity contribution in [2.45, 2.75) is 19.8 Å². The first-order valence-electron chi connectivity index (χ1n) is 5.16. The van der Waals surface area contributed by atoms with E-state index in [0.29, 0.717) is 0 Å². The number of aromatic nitrogens is 2. The van der Waals surface area contributed by atoms with Gasteiger partial charge in [0.25, 0.3) is 5.56 Å². The molecule has 1 aromatic heterocycles. The topological polar surface area (TPSA) is 48.6 Å². The van der Waals surface area contributed by atoms with Crippen LogP contribution in [-0.2, 0) is 6.42 Å². The van der Waals surface area contributed by atoms with Gasteiger partial charge in [-0.15, -0.1) is 0 Å². The van der Waals surface area contributed by atoms with E-state index in [1.54, 1.807) is 6.07 Å². The summed E-state index contributed by atoms with van der Waals surface area (Å²) in [7, 11) is 0. The number of aromatic amines is 2. The number of benzene rings is 1. The molecule has 1 aromatic carbocycles. The van der Waals surface area contributed by atoms with Gasteiger partial charge < -0.3 is 0 Å². The molecule has 0 unspecified atom stereocenters. The lowest BCUT2D eigenvalue weighted by Gasteiger charge is -2.00. The predicted molar refractivity (Wildman–Crippen MR) is 60.8 cm³/mol. The van der Waals surface area contributed by atoms with Crippen LogP contribution in [0.25, 0.3) is 11.3 Å². The zero-order chi connectivity index (χ0) is 10.7. The fourth-order valence-electron chi connectivity index (χ4n) is 1.63. The van der Waals surface area contributed by atoms with Gasteiger partial charge in [0, 0.05) is 6.07 Å². The number of aryl methyl sites for hydroxylation is 1. The first-order valence-corrected chi connectivity index (χ1v) is 5.16. The molecule has 0 aliphatic rings. The van der Waals surface area contributed by atoms with Gasteiger partial charge in [0.1, 0.15) is 0 Å². The molecule has 78 valence electrons. The Kier molecular flexibility index (Phi) is 2.72. The second-order valence-corrected chi connectivity index (χ2v) is 3.62. The molecule has 0 atom stereocenters. The van der Waals surface area contributed by atoms with Crippen molar-refractivity contribution in [3.8, 4) is 11.3 Å². The molecule has 0 aliphatic heterocycles. The van der Waals surface area contributed by atoms with Crippen LogP contribution in [-0.4, -0.2) is 10.2 Å². The van der Waals surface area contributed by atoms with Crippen LogP contribution in [0.3, 0.4) is 0 Å². The molecule has 2 aromatic rings. The third-order valence-corrected chi connectivity index (χ3v) is 2.40. The summed E-state index contributed by atoms with van der Waals surface area (Å²) in [5.41, 5.74) is 3.11. The van der Waals surface area contributed by atoms with Crippen LogP contribution in [0.1, 0.15) is 18.9 Å². The predicted octanol–water partition coefficient (Wildman–Crippen LogP) is 2.32. The molecule has 1 heterocycles. The minimum absolute atomic E-state index is 0.0948. The highest BCUT2D eigenvalue weighted by atomic mass is 16.1. The number of hydrogen-bond donors (Lipinski definition) is 2. The molecule has 0 saturated heterocycles. The monoisotopic (exact) mass is 202 g/mol. The highest BCUT2D eigenvalue weighted by Gasteiger charge is 1.99. The summed E-state index contributed by atoms with van der Waals surface area (Å²) in [5.74, 6) is 0. The molecule has 2 rings (SSSR count). The Balaban J connectivity index is 2.27. The normalized spacial score (nSPS) is 10.5. The number of H-pyrrole nitrogens is 2. The third-order valence-electron chi connectivity index (χ3n) is 2.40. The van der Waals surface area contributed by atoms with Gasteiger partial charge >= 0.3 is 0 Å². The first-order chi connectivity index (χ1) is 7.29. The van der Waals surface area contributed by atoms with Crippen LogP contribution in [0.2, 0.25) is 0 Å². The van der Waals surface area contributed by atoms with E-state index in [-0.39, 0.29) is 5.56 Å². The quantitative estimate of drug-likeness (QED) is 0.788. The Morgan fingerprint density at radius 3 is 2.40 bits per heavy atom. The summed E-state index contributed by atoms with van der Waals surface area (Å²) in [5, 5.41) is 5.36. The van der Waals surface area contributed by atoms with Gasteiger partial charge in [-0.05, 0) is 17.5 Å². The van der Waals surface area contributed by atoms with Crippen molar-refractivity contribution in [3.05, 3.63) is 46.2 Å². The van der Waals surface area contributed by atoms with Gasteiger partial charge in [-0.25, -0.2) is 0 Å². The third kappa shape index (κ3) is 2.18. The van der Waals surface area contributed by atoms with Crippen LogP contribution in [0.4, 0.5) is 0 Å². The summed E-state index contributed by atoms with van der Waals surface area (Å²) < 4.78 is 0. The second-order valence-electron chi connectivity index (χ2n) is 3.62. The van der Waals surface area contributed by atoms with Crippen LogP contribution in [0.5, 0.6) is 0 Å². The van der Waals surface area contributed by atoms with Crippen molar-refractivity contribution in [2.24, 2.45) is 0 Å². The molecule has 0 fully saturated rings. The van der Waals surface area contributed by atoms with Crippen molar-refractivity contribution < 1.29 is 0 Å². The van der Waals surface area contributed by atoms with Crippen molar-refractivity contribution in [3.63, 3.8) is 0 Å². The van der Waals surface area contributed by atoms with Crippen LogP contribution < -0.4 is 5.56 Å². The molecular formula is C12H14N2O. The Bertz CT molecular complexity index is 479. The molecule has 15 heavy (non-hydrogen) atoms. The Labute approximate surface area is 88.1 Å². The van der Waals surface area contributed by atoms with Crippen molar-refractivity contribution in [1.82, 2.24) is 10.2 Å². The molecule has 2 N–H and O–H groups in total. The number of rotatable bonds is 3. The lowest BCUT2D eigenvalue weighted by molar-refractivity contribution is 0.922. The molecule has 0 radical (unpaired) electrons. The second kappa shape index (κ2) is 4.17. The van der Waals surface area contributed by atoms with E-state index >= 15 is 0 Å². The number of nitrogens with one attached hydrogen (secondary N) is 2. The SMILES string of the molecule is CCCc1ccc(-c2cc(=O)[nH][nH]2)cc1. The maximum atomic E-state index is 10.9. The minimum Gasteiger partial charge on any atom is -0.298 e. The standard InChI is InChI=1S/C12H14N2O/c1-2-3-9-4-6-10(7-5-9)11-8-12(15)14-13-11/h4-8H,2-3H2,1H3,(H2,13,14,15). The van der Waals surface area contributed by atoms with E-state index < -0.39 is 0 Å². The lowest BCUT2D eigenvalue weighted by Crippen LogP contribution is -1.93. The van der Waals surface area contributed by atoms with Crippen LogP contribution >= 0.6 is 0 Å². The highest BCUT2D eigenvalue weighted by Crippen LogP contribution is 2.16. The zero-order valence-electron chi connectivity index (χ0n) is 8.71. The number of hydrogen-bond acceptors (Lipinski definition) is 1. The van der Waals surface area contributed by atoms with E-state index in [2.05, 4.69) is 29.3 Å². The molecule has 0 amide bonds. The van der Waals surface area contributed by atoms with Crippen molar-refractivity contribution >= 4 is 0 Å². The average Bonchev–Trinajstić information content (AvgIpc) is 2.67. The largest absolute Gasteiger partial charge is 0.298 e. The van der Waals surface area contributed by atoms with Gasteiger partial charge in [0.15, 0.2) is 0 Å². The molecule has 0 aliphatic carbocycles. The summed E-state index contributed by atoms with van der Waals surface area (Å²) >= 11 is 0. The van der Waals surface area contributed by atoms with Crippen LogP contribution in [0.15, 0.2) is 35.1 Å². The smallest absolute Gasteiger partial charge is 0.264 e. The maximum Gasteiger partial charge on any atom is 0.264 e. The molecule has 0 bridgehead atoms. The van der Waals surface area contributed by atoms with Crippen molar-refractivity contribution in [2.75, 3.05) is 0 Å². The van der Waals surface area contributed by atoms with E-state index in [1.165, 1.54) is 5.56 Å². The summed E-state index contributed by atoms with van der Waals surface area (Å²) in [4.78, 5) is 10.9. The molecule has 0 saturated carbocycles. The molecule has 0 spiro atoms. The first kappa shape index (κ1) is 9.77. The van der Waals surface area contributed by atoms with E-state index in [0.717, 1.165) is 24.1 Å². The van der Waals surface area contributed by atoms with Gasteiger partial charge in [-0.1, -0.05) is 37.6 Å². The Hall–Kier alpha value is -1.77. The van der Waals surface area contributed by atoms with E-state index in [1.807, 2.05) is 12.1 Å². The van der Waals surface area contributed by atoms with E-state index in [9.17, 15) is 4.79 Å². The molecule has 3 heteroatoms. The highest BCUT2D eigenvalue weighted by molar-refractivity contribution is 5.58. The van der Waals surface area contributed by atoms with Gasteiger partial charge in [-0.2, -0.15) is 0 Å². The molecular weight excluding hydrogens is 188 g/mol. The maximum absolute atomic E-state index is 10.9. The molecule has 3 nitrogen and oxygen atoms in total. The zero-order valence-corrected chi connectivity index (χ0v) is 8.71. The Morgan fingerprint density at radius 2 is 1.87 bits per heavy atom. The fourth-order valence-corrected chi connectivity index (χ4v) is 1.63. The van der Waals surface area contributed by atoms with Crippen LogP contribution in [0, 0.1) is 0 Å². The van der Waals surface area contributed by atoms with Gasteiger partial charge in [0.2, 0.25) is 0 Å².